The van der Waals surface area contributed by atoms with Crippen molar-refractivity contribution in [1.82, 2.24) is 15.1 Å². The summed E-state index contributed by atoms with van der Waals surface area (Å²) in [4.78, 5) is 20.3. The molecule has 1 aliphatic heterocycles. The average Bonchev–Trinajstić information content (AvgIpc) is 3.60. The van der Waals surface area contributed by atoms with E-state index >= 15 is 0 Å². The minimum absolute atomic E-state index is 0.684. The van der Waals surface area contributed by atoms with Crippen molar-refractivity contribution < 1.29 is 50.9 Å². The quantitative estimate of drug-likeness (QED) is 0.274. The summed E-state index contributed by atoms with van der Waals surface area (Å²) in [5.41, 5.74) is 4.79. The van der Waals surface area contributed by atoms with Gasteiger partial charge in [-0.05, 0) is 54.3 Å². The van der Waals surface area contributed by atoms with E-state index in [4.69, 9.17) is 24.5 Å². The Balaban J connectivity index is 0.000000349. The smallest absolute Gasteiger partial charge is 0.490 e. The first-order chi connectivity index (χ1) is 19.2. The van der Waals surface area contributed by atoms with Gasteiger partial charge in [0.05, 0.1) is 13.3 Å². The van der Waals surface area contributed by atoms with E-state index in [-0.39, 0.29) is 0 Å². The number of hydrogen-bond acceptors (Lipinski definition) is 6. The number of H-pyrrole nitrogens is 1. The summed E-state index contributed by atoms with van der Waals surface area (Å²) in [7, 11) is 1.72. The van der Waals surface area contributed by atoms with E-state index in [1.165, 1.54) is 23.2 Å². The lowest BCUT2D eigenvalue weighted by Gasteiger charge is -2.17. The molecule has 1 unspecified atom stereocenters. The number of carbonyl (C=O) groups is 2. The SMILES string of the molecule is COc1cccc(CN2CCC(CNc3ccc(-c4cn[nH]c4)cc3)C2)c1.O=C(O)C(F)(F)F.O=C(O)C(F)(F)F. The Morgan fingerprint density at radius 3 is 2.15 bits per heavy atom. The maximum absolute atomic E-state index is 10.6. The number of likely N-dealkylation sites (tertiary alicyclic amines) is 1. The number of nitrogens with one attached hydrogen (secondary N) is 2. The average molecular weight is 591 g/mol. The number of alkyl halides is 6. The van der Waals surface area contributed by atoms with Gasteiger partial charge < -0.3 is 20.3 Å². The first-order valence-electron chi connectivity index (χ1n) is 12.0. The number of halogens is 6. The molecule has 3 aromatic rings. The van der Waals surface area contributed by atoms with Gasteiger partial charge in [0.2, 0.25) is 0 Å². The number of aromatic nitrogens is 2. The number of anilines is 1. The maximum Gasteiger partial charge on any atom is 0.490 e. The Morgan fingerprint density at radius 1 is 1.02 bits per heavy atom. The van der Waals surface area contributed by atoms with Gasteiger partial charge in [0, 0.05) is 37.1 Å². The fraction of sp³-hybridized carbons (Fsp3) is 0.346. The zero-order valence-corrected chi connectivity index (χ0v) is 21.7. The summed E-state index contributed by atoms with van der Waals surface area (Å²) in [5, 5.41) is 24.7. The van der Waals surface area contributed by atoms with Crippen molar-refractivity contribution in [2.45, 2.75) is 25.3 Å². The van der Waals surface area contributed by atoms with Gasteiger partial charge in [-0.3, -0.25) is 10.00 Å². The van der Waals surface area contributed by atoms with Gasteiger partial charge in [0.25, 0.3) is 0 Å². The number of methoxy groups -OCH3 is 1. The summed E-state index contributed by atoms with van der Waals surface area (Å²) in [5.74, 6) is -3.90. The molecule has 4 rings (SSSR count). The van der Waals surface area contributed by atoms with Crippen molar-refractivity contribution in [2.24, 2.45) is 5.92 Å². The van der Waals surface area contributed by atoms with E-state index in [0.29, 0.717) is 5.92 Å². The van der Waals surface area contributed by atoms with Crippen molar-refractivity contribution in [2.75, 3.05) is 32.1 Å². The number of nitrogens with zero attached hydrogens (tertiary/aromatic N) is 2. The fourth-order valence-electron chi connectivity index (χ4n) is 3.70. The van der Waals surface area contributed by atoms with Crippen LogP contribution in [0.5, 0.6) is 5.75 Å². The molecule has 15 heteroatoms. The second-order valence-corrected chi connectivity index (χ2v) is 8.79. The molecular weight excluding hydrogens is 562 g/mol. The number of aliphatic carboxylic acids is 2. The molecule has 9 nitrogen and oxygen atoms in total. The summed E-state index contributed by atoms with van der Waals surface area (Å²) < 4.78 is 68.8. The van der Waals surface area contributed by atoms with Crippen LogP contribution >= 0.6 is 0 Å². The van der Waals surface area contributed by atoms with E-state index in [1.54, 1.807) is 7.11 Å². The third kappa shape index (κ3) is 11.8. The zero-order chi connectivity index (χ0) is 30.6. The Labute approximate surface area is 230 Å². The largest absolute Gasteiger partial charge is 0.497 e. The minimum Gasteiger partial charge on any atom is -0.497 e. The lowest BCUT2D eigenvalue weighted by Crippen LogP contribution is -2.22. The van der Waals surface area contributed by atoms with E-state index in [1.807, 2.05) is 18.5 Å². The molecule has 0 bridgehead atoms. The number of benzene rings is 2. The fourth-order valence-corrected chi connectivity index (χ4v) is 3.70. The lowest BCUT2D eigenvalue weighted by atomic mass is 10.1. The van der Waals surface area contributed by atoms with Crippen LogP contribution in [0.3, 0.4) is 0 Å². The predicted octanol–water partition coefficient (Wildman–Crippen LogP) is 5.29. The summed E-state index contributed by atoms with van der Waals surface area (Å²) in [6.45, 7) is 4.30. The van der Waals surface area contributed by atoms with E-state index in [0.717, 1.165) is 37.5 Å². The molecule has 4 N–H and O–H groups in total. The molecule has 1 atom stereocenters. The van der Waals surface area contributed by atoms with Gasteiger partial charge in [-0.2, -0.15) is 31.4 Å². The molecular formula is C26H28F6N4O5. The number of hydrogen-bond donors (Lipinski definition) is 4. The van der Waals surface area contributed by atoms with E-state index in [2.05, 4.69) is 62.9 Å². The highest BCUT2D eigenvalue weighted by molar-refractivity contribution is 5.73. The zero-order valence-electron chi connectivity index (χ0n) is 21.7. The Hall–Kier alpha value is -4.27. The van der Waals surface area contributed by atoms with Crippen molar-refractivity contribution >= 4 is 17.6 Å². The van der Waals surface area contributed by atoms with Gasteiger partial charge in [-0.1, -0.05) is 24.3 Å². The lowest BCUT2D eigenvalue weighted by molar-refractivity contribution is -0.193. The van der Waals surface area contributed by atoms with Crippen LogP contribution in [0.25, 0.3) is 11.1 Å². The van der Waals surface area contributed by atoms with Gasteiger partial charge >= 0.3 is 24.3 Å². The molecule has 224 valence electrons. The second-order valence-electron chi connectivity index (χ2n) is 8.79. The van der Waals surface area contributed by atoms with Crippen molar-refractivity contribution in [1.29, 1.82) is 0 Å². The van der Waals surface area contributed by atoms with Crippen LogP contribution in [0.15, 0.2) is 60.9 Å². The molecule has 41 heavy (non-hydrogen) atoms. The van der Waals surface area contributed by atoms with E-state index < -0.39 is 24.3 Å². The van der Waals surface area contributed by atoms with Crippen LogP contribution in [-0.2, 0) is 16.1 Å². The number of rotatable bonds is 7. The molecule has 1 saturated heterocycles. The van der Waals surface area contributed by atoms with Crippen LogP contribution in [0, 0.1) is 5.92 Å². The topological polar surface area (TPSA) is 128 Å². The Kier molecular flexibility index (Phi) is 12.0. The van der Waals surface area contributed by atoms with E-state index in [9.17, 15) is 26.3 Å². The number of ether oxygens (including phenoxy) is 1. The van der Waals surface area contributed by atoms with Crippen LogP contribution < -0.4 is 10.1 Å². The molecule has 0 amide bonds. The molecule has 0 aliphatic carbocycles. The van der Waals surface area contributed by atoms with Crippen LogP contribution in [-0.4, -0.2) is 76.3 Å². The third-order valence-electron chi connectivity index (χ3n) is 5.71. The van der Waals surface area contributed by atoms with Crippen molar-refractivity contribution in [3.05, 3.63) is 66.5 Å². The molecule has 0 spiro atoms. The van der Waals surface area contributed by atoms with Crippen molar-refractivity contribution in [3.8, 4) is 16.9 Å². The van der Waals surface area contributed by atoms with Crippen molar-refractivity contribution in [3.63, 3.8) is 0 Å². The molecule has 0 saturated carbocycles. The summed E-state index contributed by atoms with van der Waals surface area (Å²) in [6.07, 6.45) is -5.17. The molecule has 2 heterocycles. The van der Waals surface area contributed by atoms with Crippen LogP contribution in [0.2, 0.25) is 0 Å². The highest BCUT2D eigenvalue weighted by Crippen LogP contribution is 2.23. The third-order valence-corrected chi connectivity index (χ3v) is 5.71. The second kappa shape index (κ2) is 14.9. The standard InChI is InChI=1S/C22H26N4O.2C2HF3O2/c1-27-22-4-2-3-17(11-22)15-26-10-9-18(16-26)12-23-21-7-5-19(6-8-21)20-13-24-25-14-20;2*3-2(4,5)1(6)7/h2-8,11,13-14,18,23H,9-10,12,15-16H2,1H3,(H,24,25);2*(H,6,7). The van der Waals surface area contributed by atoms with Crippen LogP contribution in [0.1, 0.15) is 12.0 Å². The normalized spacial score (nSPS) is 15.1. The monoisotopic (exact) mass is 590 g/mol. The first-order valence-corrected chi connectivity index (χ1v) is 12.0. The minimum atomic E-state index is -5.08. The molecule has 1 aromatic heterocycles. The number of aromatic amines is 1. The predicted molar refractivity (Wildman–Crippen MR) is 136 cm³/mol. The Morgan fingerprint density at radius 2 is 1.63 bits per heavy atom. The molecule has 0 radical (unpaired) electrons. The number of carboxylic acids is 2. The van der Waals surface area contributed by atoms with Gasteiger partial charge in [-0.25, -0.2) is 9.59 Å². The van der Waals surface area contributed by atoms with Gasteiger partial charge in [0.15, 0.2) is 0 Å². The molecule has 1 fully saturated rings. The highest BCUT2D eigenvalue weighted by atomic mass is 19.4. The summed E-state index contributed by atoms with van der Waals surface area (Å²) >= 11 is 0. The van der Waals surface area contributed by atoms with Gasteiger partial charge in [0.1, 0.15) is 5.75 Å². The molecule has 2 aromatic carbocycles. The highest BCUT2D eigenvalue weighted by Gasteiger charge is 2.38. The van der Waals surface area contributed by atoms with Gasteiger partial charge in [-0.15, -0.1) is 0 Å². The Bertz CT molecular complexity index is 1210. The summed E-state index contributed by atoms with van der Waals surface area (Å²) in [6, 6.07) is 16.9. The molecule has 1 aliphatic rings. The first kappa shape index (κ1) is 32.9. The number of carboxylic acid groups (broad SMARTS) is 2. The van der Waals surface area contributed by atoms with Crippen LogP contribution in [0.4, 0.5) is 32.0 Å². The maximum atomic E-state index is 10.6.